The largest absolute Gasteiger partial charge is 0.508 e. The molecule has 1 aliphatic rings. The van der Waals surface area contributed by atoms with Gasteiger partial charge in [-0.1, -0.05) is 19.3 Å². The summed E-state index contributed by atoms with van der Waals surface area (Å²) in [5.74, 6) is 0.0287. The molecule has 0 bridgehead atoms. The van der Waals surface area contributed by atoms with Crippen molar-refractivity contribution in [1.29, 1.82) is 0 Å². The Morgan fingerprint density at radius 2 is 1.94 bits per heavy atom. The van der Waals surface area contributed by atoms with Crippen molar-refractivity contribution in [2.75, 3.05) is 0 Å². The molecule has 5 nitrogen and oxygen atoms in total. The molecule has 0 aromatic heterocycles. The van der Waals surface area contributed by atoms with Gasteiger partial charge in [0.25, 0.3) is 5.69 Å². The molecular formula is C12H16N2O3. The quantitative estimate of drug-likeness (QED) is 0.609. The standard InChI is InChI=1S/C12H16N2O3/c13-12(6-2-1-3-7-12)10-8-9(15)4-5-11(10)14(16)17/h4-5,8,15H,1-3,6-7,13H2. The van der Waals surface area contributed by atoms with Crippen LogP contribution < -0.4 is 5.73 Å². The number of hydrogen-bond donors (Lipinski definition) is 2. The van der Waals surface area contributed by atoms with Crippen molar-refractivity contribution in [3.8, 4) is 5.75 Å². The smallest absolute Gasteiger partial charge is 0.274 e. The monoisotopic (exact) mass is 236 g/mol. The first kappa shape index (κ1) is 11.9. The van der Waals surface area contributed by atoms with Crippen LogP contribution in [0.1, 0.15) is 37.7 Å². The van der Waals surface area contributed by atoms with Crippen molar-refractivity contribution in [2.45, 2.75) is 37.6 Å². The minimum Gasteiger partial charge on any atom is -0.508 e. The highest BCUT2D eigenvalue weighted by atomic mass is 16.6. The molecule has 0 radical (unpaired) electrons. The number of benzene rings is 1. The molecule has 92 valence electrons. The van der Waals surface area contributed by atoms with Crippen LogP contribution in [-0.2, 0) is 5.54 Å². The molecule has 0 aliphatic heterocycles. The molecule has 17 heavy (non-hydrogen) atoms. The Labute approximate surface area is 99.4 Å². The molecule has 1 aromatic rings. The molecule has 1 aromatic carbocycles. The van der Waals surface area contributed by atoms with Crippen molar-refractivity contribution in [1.82, 2.24) is 0 Å². The van der Waals surface area contributed by atoms with Gasteiger partial charge in [0.1, 0.15) is 5.75 Å². The van der Waals surface area contributed by atoms with Gasteiger partial charge in [0.15, 0.2) is 0 Å². The Morgan fingerprint density at radius 3 is 2.53 bits per heavy atom. The van der Waals surface area contributed by atoms with Gasteiger partial charge in [0.2, 0.25) is 0 Å². The molecule has 1 saturated carbocycles. The van der Waals surface area contributed by atoms with Crippen molar-refractivity contribution in [3.05, 3.63) is 33.9 Å². The van der Waals surface area contributed by atoms with Gasteiger partial charge in [0, 0.05) is 11.6 Å². The topological polar surface area (TPSA) is 89.4 Å². The van der Waals surface area contributed by atoms with E-state index in [1.54, 1.807) is 0 Å². The van der Waals surface area contributed by atoms with Crippen LogP contribution in [0.5, 0.6) is 5.75 Å². The predicted octanol–water partition coefficient (Wildman–Crippen LogP) is 2.42. The van der Waals surface area contributed by atoms with Crippen LogP contribution in [-0.4, -0.2) is 10.0 Å². The molecular weight excluding hydrogens is 220 g/mol. The van der Waals surface area contributed by atoms with Gasteiger partial charge in [-0.15, -0.1) is 0 Å². The average molecular weight is 236 g/mol. The van der Waals surface area contributed by atoms with Crippen molar-refractivity contribution < 1.29 is 10.0 Å². The lowest BCUT2D eigenvalue weighted by atomic mass is 9.77. The minimum atomic E-state index is -0.667. The number of nitrogens with zero attached hydrogens (tertiary/aromatic N) is 1. The molecule has 5 heteroatoms. The summed E-state index contributed by atoms with van der Waals surface area (Å²) in [7, 11) is 0. The number of hydrogen-bond acceptors (Lipinski definition) is 4. The van der Waals surface area contributed by atoms with E-state index in [-0.39, 0.29) is 11.4 Å². The van der Waals surface area contributed by atoms with Crippen molar-refractivity contribution >= 4 is 5.69 Å². The van der Waals surface area contributed by atoms with Crippen LogP contribution in [0.3, 0.4) is 0 Å². The minimum absolute atomic E-state index is 0.00667. The molecule has 0 amide bonds. The van der Waals surface area contributed by atoms with Crippen molar-refractivity contribution in [2.24, 2.45) is 5.73 Å². The van der Waals surface area contributed by atoms with Gasteiger partial charge in [-0.3, -0.25) is 10.1 Å². The lowest BCUT2D eigenvalue weighted by Gasteiger charge is -2.33. The predicted molar refractivity (Wildman–Crippen MR) is 63.7 cm³/mol. The zero-order valence-corrected chi connectivity index (χ0v) is 9.56. The van der Waals surface area contributed by atoms with Gasteiger partial charge in [-0.05, 0) is 25.0 Å². The Morgan fingerprint density at radius 1 is 1.29 bits per heavy atom. The maximum absolute atomic E-state index is 11.0. The van der Waals surface area contributed by atoms with Crippen LogP contribution >= 0.6 is 0 Å². The van der Waals surface area contributed by atoms with Gasteiger partial charge < -0.3 is 10.8 Å². The van der Waals surface area contributed by atoms with Gasteiger partial charge in [-0.25, -0.2) is 0 Å². The summed E-state index contributed by atoms with van der Waals surface area (Å²) in [6.07, 6.45) is 4.53. The van der Waals surface area contributed by atoms with Crippen LogP contribution in [0, 0.1) is 10.1 Å². The van der Waals surface area contributed by atoms with E-state index in [2.05, 4.69) is 0 Å². The molecule has 0 saturated heterocycles. The molecule has 1 fully saturated rings. The highest BCUT2D eigenvalue weighted by Crippen LogP contribution is 2.40. The number of aromatic hydroxyl groups is 1. The van der Waals surface area contributed by atoms with Crippen LogP contribution in [0.25, 0.3) is 0 Å². The first-order valence-electron chi connectivity index (χ1n) is 5.80. The number of rotatable bonds is 2. The Bertz CT molecular complexity index is 439. The SMILES string of the molecule is NC1(c2cc(O)ccc2[N+](=O)[O-])CCCCC1. The van der Waals surface area contributed by atoms with Crippen LogP contribution in [0.15, 0.2) is 18.2 Å². The fourth-order valence-electron chi connectivity index (χ4n) is 2.53. The van der Waals surface area contributed by atoms with Gasteiger partial charge in [0.05, 0.1) is 10.5 Å². The summed E-state index contributed by atoms with van der Waals surface area (Å²) in [6, 6.07) is 4.09. The van der Waals surface area contributed by atoms with E-state index >= 15 is 0 Å². The summed E-state index contributed by atoms with van der Waals surface area (Å²) >= 11 is 0. The van der Waals surface area contributed by atoms with E-state index in [0.717, 1.165) is 32.1 Å². The number of phenols is 1. The lowest BCUT2D eigenvalue weighted by molar-refractivity contribution is -0.386. The summed E-state index contributed by atoms with van der Waals surface area (Å²) < 4.78 is 0. The zero-order chi connectivity index (χ0) is 12.5. The Kier molecular flexibility index (Phi) is 3.02. The number of phenolic OH excluding ortho intramolecular Hbond substituents is 1. The molecule has 3 N–H and O–H groups in total. The third kappa shape index (κ3) is 2.24. The normalized spacial score (nSPS) is 18.9. The first-order chi connectivity index (χ1) is 8.03. The van der Waals surface area contributed by atoms with E-state index in [4.69, 9.17) is 5.73 Å². The van der Waals surface area contributed by atoms with Gasteiger partial charge in [-0.2, -0.15) is 0 Å². The van der Waals surface area contributed by atoms with E-state index < -0.39 is 10.5 Å². The molecule has 0 spiro atoms. The van der Waals surface area contributed by atoms with E-state index in [0.29, 0.717) is 5.56 Å². The van der Waals surface area contributed by atoms with E-state index in [1.165, 1.54) is 18.2 Å². The Balaban J connectivity index is 2.48. The summed E-state index contributed by atoms with van der Waals surface area (Å²) in [5, 5.41) is 20.5. The number of nitrogens with two attached hydrogens (primary N) is 1. The second-order valence-corrected chi connectivity index (χ2v) is 4.68. The summed E-state index contributed by atoms with van der Waals surface area (Å²) in [5.41, 5.74) is 6.07. The zero-order valence-electron chi connectivity index (χ0n) is 9.56. The molecule has 0 heterocycles. The third-order valence-corrected chi connectivity index (χ3v) is 3.46. The maximum atomic E-state index is 11.0. The number of nitro groups is 1. The lowest BCUT2D eigenvalue weighted by Crippen LogP contribution is -2.39. The third-order valence-electron chi connectivity index (χ3n) is 3.46. The highest BCUT2D eigenvalue weighted by molar-refractivity contribution is 5.49. The summed E-state index contributed by atoms with van der Waals surface area (Å²) in [6.45, 7) is 0. The van der Waals surface area contributed by atoms with E-state index in [9.17, 15) is 15.2 Å². The second-order valence-electron chi connectivity index (χ2n) is 4.68. The van der Waals surface area contributed by atoms with Crippen LogP contribution in [0.4, 0.5) is 5.69 Å². The fraction of sp³-hybridized carbons (Fsp3) is 0.500. The molecule has 0 unspecified atom stereocenters. The highest BCUT2D eigenvalue weighted by Gasteiger charge is 2.35. The molecule has 1 aliphatic carbocycles. The second kappa shape index (κ2) is 4.33. The summed E-state index contributed by atoms with van der Waals surface area (Å²) in [4.78, 5) is 10.6. The van der Waals surface area contributed by atoms with Gasteiger partial charge >= 0.3 is 0 Å². The first-order valence-corrected chi connectivity index (χ1v) is 5.80. The Hall–Kier alpha value is -1.62. The van der Waals surface area contributed by atoms with E-state index in [1.807, 2.05) is 0 Å². The van der Waals surface area contributed by atoms with Crippen molar-refractivity contribution in [3.63, 3.8) is 0 Å². The number of nitro benzene ring substituents is 1. The van der Waals surface area contributed by atoms with Crippen LogP contribution in [0.2, 0.25) is 0 Å². The fourth-order valence-corrected chi connectivity index (χ4v) is 2.53. The maximum Gasteiger partial charge on any atom is 0.274 e. The molecule has 0 atom stereocenters. The molecule has 2 rings (SSSR count). The average Bonchev–Trinajstić information content (AvgIpc) is 2.29.